The first-order valence-corrected chi connectivity index (χ1v) is 12.2. The average molecular weight is 471 g/mol. The van der Waals surface area contributed by atoms with Crippen molar-refractivity contribution in [1.29, 1.82) is 0 Å². The van der Waals surface area contributed by atoms with Gasteiger partial charge in [-0.2, -0.15) is 0 Å². The van der Waals surface area contributed by atoms with E-state index in [1.54, 1.807) is 11.9 Å². The van der Waals surface area contributed by atoms with Crippen LogP contribution in [0.1, 0.15) is 47.7 Å². The molecule has 5 heteroatoms. The van der Waals surface area contributed by atoms with Gasteiger partial charge in [-0.15, -0.1) is 0 Å². The molecule has 0 radical (unpaired) electrons. The molecule has 0 bridgehead atoms. The van der Waals surface area contributed by atoms with Gasteiger partial charge in [0.1, 0.15) is 5.75 Å². The fraction of sp³-hybridized carbons (Fsp3) is 0.333. The van der Waals surface area contributed by atoms with Crippen molar-refractivity contribution >= 4 is 11.8 Å². The highest BCUT2D eigenvalue weighted by atomic mass is 16.5. The molecule has 3 aromatic rings. The lowest BCUT2D eigenvalue weighted by molar-refractivity contribution is -0.136. The Balaban J connectivity index is 1.55. The van der Waals surface area contributed by atoms with Crippen LogP contribution >= 0.6 is 0 Å². The molecule has 1 heterocycles. The number of carbonyl (C=O) groups excluding carboxylic acids is 2. The summed E-state index contributed by atoms with van der Waals surface area (Å²) in [5.74, 6) is 0.617. The van der Waals surface area contributed by atoms with Crippen LogP contribution in [0.15, 0.2) is 72.8 Å². The first kappa shape index (κ1) is 24.5. The largest absolute Gasteiger partial charge is 0.484 e. The third-order valence-electron chi connectivity index (χ3n) is 6.57. The van der Waals surface area contributed by atoms with Gasteiger partial charge in [-0.25, -0.2) is 0 Å². The number of likely N-dealkylation sites (N-methyl/N-ethyl adjacent to an activating group) is 1. The maximum Gasteiger partial charge on any atom is 0.260 e. The lowest BCUT2D eigenvalue weighted by Crippen LogP contribution is -2.42. The molecule has 5 nitrogen and oxygen atoms in total. The van der Waals surface area contributed by atoms with E-state index < -0.39 is 0 Å². The van der Waals surface area contributed by atoms with Crippen LogP contribution < -0.4 is 4.74 Å². The van der Waals surface area contributed by atoms with Gasteiger partial charge in [0.2, 0.25) is 5.91 Å². The van der Waals surface area contributed by atoms with Gasteiger partial charge < -0.3 is 14.5 Å². The van der Waals surface area contributed by atoms with Gasteiger partial charge in [0.05, 0.1) is 6.04 Å². The first-order valence-electron chi connectivity index (χ1n) is 12.2. The van der Waals surface area contributed by atoms with Crippen LogP contribution in [0.3, 0.4) is 0 Å². The maximum absolute atomic E-state index is 13.1. The summed E-state index contributed by atoms with van der Waals surface area (Å²) in [6.45, 7) is 7.14. The summed E-state index contributed by atoms with van der Waals surface area (Å²) in [7, 11) is 1.79. The number of hydrogen-bond acceptors (Lipinski definition) is 3. The number of amides is 2. The molecule has 1 aliphatic heterocycles. The molecule has 2 amide bonds. The van der Waals surface area contributed by atoms with Crippen molar-refractivity contribution in [3.63, 3.8) is 0 Å². The van der Waals surface area contributed by atoms with Crippen LogP contribution in [-0.2, 0) is 22.6 Å². The molecule has 0 aliphatic carbocycles. The number of aryl methyl sites for hydroxylation is 1. The second-order valence-corrected chi connectivity index (χ2v) is 9.63. The van der Waals surface area contributed by atoms with Gasteiger partial charge >= 0.3 is 0 Å². The second kappa shape index (κ2) is 10.8. The summed E-state index contributed by atoms with van der Waals surface area (Å²) < 4.78 is 5.94. The lowest BCUT2D eigenvalue weighted by atomic mass is 9.87. The summed E-state index contributed by atoms with van der Waals surface area (Å²) in [6, 6.07) is 24.1. The standard InChI is InChI=1S/C30H34N2O3/c1-21(2)30(34)32-17-16-24-14-15-26(18-27(24)29(32)25-12-10-22(3)11-13-25)35-20-28(33)31(4)19-23-8-6-5-7-9-23/h5-15,18,21,29H,16-17,19-20H2,1-4H3. The second-order valence-electron chi connectivity index (χ2n) is 9.63. The zero-order chi connectivity index (χ0) is 24.9. The fourth-order valence-corrected chi connectivity index (χ4v) is 4.56. The van der Waals surface area contributed by atoms with Crippen molar-refractivity contribution in [2.75, 3.05) is 20.2 Å². The molecular formula is C30H34N2O3. The minimum Gasteiger partial charge on any atom is -0.484 e. The highest BCUT2D eigenvalue weighted by Gasteiger charge is 2.33. The van der Waals surface area contributed by atoms with Crippen molar-refractivity contribution in [3.8, 4) is 5.75 Å². The van der Waals surface area contributed by atoms with E-state index in [4.69, 9.17) is 4.74 Å². The number of carbonyl (C=O) groups is 2. The molecule has 1 unspecified atom stereocenters. The molecule has 0 saturated heterocycles. The molecule has 0 aromatic heterocycles. The fourth-order valence-electron chi connectivity index (χ4n) is 4.56. The number of hydrogen-bond donors (Lipinski definition) is 0. The molecule has 0 spiro atoms. The van der Waals surface area contributed by atoms with E-state index in [0.29, 0.717) is 18.8 Å². The number of ether oxygens (including phenoxy) is 1. The van der Waals surface area contributed by atoms with Crippen LogP contribution in [0.5, 0.6) is 5.75 Å². The van der Waals surface area contributed by atoms with E-state index in [-0.39, 0.29) is 30.4 Å². The molecule has 1 atom stereocenters. The van der Waals surface area contributed by atoms with Crippen LogP contribution in [0.2, 0.25) is 0 Å². The minimum absolute atomic E-state index is 0.0358. The van der Waals surface area contributed by atoms with Crippen LogP contribution in [-0.4, -0.2) is 41.8 Å². The van der Waals surface area contributed by atoms with Gasteiger partial charge in [0.15, 0.2) is 6.61 Å². The topological polar surface area (TPSA) is 49.9 Å². The minimum atomic E-state index is -0.172. The van der Waals surface area contributed by atoms with E-state index in [1.165, 1.54) is 11.1 Å². The number of fused-ring (bicyclic) bond motifs is 1. The Morgan fingerprint density at radius 3 is 2.43 bits per heavy atom. The zero-order valence-corrected chi connectivity index (χ0v) is 21.0. The Morgan fingerprint density at radius 2 is 1.74 bits per heavy atom. The summed E-state index contributed by atoms with van der Waals surface area (Å²) >= 11 is 0. The molecule has 4 rings (SSSR count). The van der Waals surface area contributed by atoms with Crippen molar-refractivity contribution in [1.82, 2.24) is 9.80 Å². The monoisotopic (exact) mass is 470 g/mol. The predicted molar refractivity (Wildman–Crippen MR) is 138 cm³/mol. The quantitative estimate of drug-likeness (QED) is 0.479. The Morgan fingerprint density at radius 1 is 1.03 bits per heavy atom. The van der Waals surface area contributed by atoms with Crippen LogP contribution in [0.4, 0.5) is 0 Å². The number of nitrogens with zero attached hydrogens (tertiary/aromatic N) is 2. The normalized spacial score (nSPS) is 15.0. The third-order valence-corrected chi connectivity index (χ3v) is 6.57. The van der Waals surface area contributed by atoms with Gasteiger partial charge in [-0.05, 0) is 47.7 Å². The summed E-state index contributed by atoms with van der Waals surface area (Å²) in [6.07, 6.45) is 0.801. The molecule has 0 N–H and O–H groups in total. The van der Waals surface area contributed by atoms with E-state index in [2.05, 4.69) is 37.3 Å². The van der Waals surface area contributed by atoms with Crippen molar-refractivity contribution in [2.24, 2.45) is 5.92 Å². The Labute approximate surface area is 208 Å². The average Bonchev–Trinajstić information content (AvgIpc) is 2.87. The van der Waals surface area contributed by atoms with E-state index in [0.717, 1.165) is 23.1 Å². The first-order chi connectivity index (χ1) is 16.8. The third kappa shape index (κ3) is 5.73. The smallest absolute Gasteiger partial charge is 0.260 e. The lowest BCUT2D eigenvalue weighted by Gasteiger charge is -2.39. The van der Waals surface area contributed by atoms with Gasteiger partial charge in [-0.1, -0.05) is 80.1 Å². The summed E-state index contributed by atoms with van der Waals surface area (Å²) in [5, 5.41) is 0. The highest BCUT2D eigenvalue weighted by molar-refractivity contribution is 5.80. The Kier molecular flexibility index (Phi) is 7.54. The van der Waals surface area contributed by atoms with Crippen LogP contribution in [0, 0.1) is 12.8 Å². The van der Waals surface area contributed by atoms with E-state index >= 15 is 0 Å². The number of rotatable bonds is 7. The molecule has 35 heavy (non-hydrogen) atoms. The summed E-state index contributed by atoms with van der Waals surface area (Å²) in [5.41, 5.74) is 5.62. The van der Waals surface area contributed by atoms with Gasteiger partial charge in [0.25, 0.3) is 5.91 Å². The molecule has 1 aliphatic rings. The zero-order valence-electron chi connectivity index (χ0n) is 21.0. The highest BCUT2D eigenvalue weighted by Crippen LogP contribution is 2.38. The van der Waals surface area contributed by atoms with E-state index in [1.807, 2.05) is 61.2 Å². The number of benzene rings is 3. The molecule has 3 aromatic carbocycles. The molecule has 0 fully saturated rings. The Hall–Kier alpha value is -3.60. The van der Waals surface area contributed by atoms with Crippen LogP contribution in [0.25, 0.3) is 0 Å². The van der Waals surface area contributed by atoms with Gasteiger partial charge in [-0.3, -0.25) is 9.59 Å². The molecular weight excluding hydrogens is 436 g/mol. The predicted octanol–water partition coefficient (Wildman–Crippen LogP) is 5.16. The molecule has 0 saturated carbocycles. The maximum atomic E-state index is 13.1. The van der Waals surface area contributed by atoms with Crippen molar-refractivity contribution < 1.29 is 14.3 Å². The summed E-state index contributed by atoms with van der Waals surface area (Å²) in [4.78, 5) is 29.5. The van der Waals surface area contributed by atoms with Gasteiger partial charge in [0, 0.05) is 26.1 Å². The van der Waals surface area contributed by atoms with Crippen molar-refractivity contribution in [3.05, 3.63) is 101 Å². The van der Waals surface area contributed by atoms with E-state index in [9.17, 15) is 9.59 Å². The SMILES string of the molecule is Cc1ccc(C2c3cc(OCC(=O)N(C)Cc4ccccc4)ccc3CCN2C(=O)C(C)C)cc1. The Bertz CT molecular complexity index is 1170. The van der Waals surface area contributed by atoms with Crippen molar-refractivity contribution in [2.45, 2.75) is 39.8 Å². The molecule has 182 valence electrons.